The number of carboxylic acid groups (broad SMARTS) is 1. The normalized spacial score (nSPS) is 9.09. The molecule has 5 heterocycles. The van der Waals surface area contributed by atoms with Crippen LogP contribution in [0.4, 0.5) is 16.1 Å². The zero-order chi connectivity index (χ0) is 32.0. The number of nitrogens with two attached hydrogens (primary N) is 3. The number of aromatic nitrogens is 7. The number of anilines is 3. The van der Waals surface area contributed by atoms with Gasteiger partial charge in [0.05, 0.1) is 11.1 Å². The van der Waals surface area contributed by atoms with Crippen molar-refractivity contribution in [2.75, 3.05) is 23.3 Å². The van der Waals surface area contributed by atoms with Crippen molar-refractivity contribution in [3.63, 3.8) is 0 Å². The Morgan fingerprint density at radius 2 is 1.60 bits per heavy atom. The molecule has 17 heteroatoms. The number of carbonyl (C=O) groups excluding carboxylic acids is 2. The second kappa shape index (κ2) is 20.5. The quantitative estimate of drug-likeness (QED) is 0.176. The fourth-order valence-electron chi connectivity index (χ4n) is 2.38. The van der Waals surface area contributed by atoms with Crippen LogP contribution in [0, 0.1) is 6.92 Å². The third-order valence-electron chi connectivity index (χ3n) is 4.33. The minimum Gasteiger partial charge on any atom is -0.478 e. The van der Waals surface area contributed by atoms with E-state index in [0.717, 1.165) is 17.2 Å². The van der Waals surface area contributed by atoms with Gasteiger partial charge in [-0.2, -0.15) is 0 Å². The van der Waals surface area contributed by atoms with Crippen LogP contribution in [0.3, 0.4) is 0 Å². The fraction of sp³-hybridized carbons (Fsp3) is 0.154. The zero-order valence-electron chi connectivity index (χ0n) is 23.5. The van der Waals surface area contributed by atoms with Crippen molar-refractivity contribution >= 4 is 56.4 Å². The van der Waals surface area contributed by atoms with Crippen molar-refractivity contribution in [2.45, 2.75) is 20.8 Å². The highest BCUT2D eigenvalue weighted by Gasteiger charge is 2.00. The van der Waals surface area contributed by atoms with Crippen LogP contribution in [0.5, 0.6) is 0 Å². The monoisotopic (exact) mass is 625 g/mol. The van der Waals surface area contributed by atoms with Gasteiger partial charge in [0.2, 0.25) is 16.2 Å². The summed E-state index contributed by atoms with van der Waals surface area (Å²) in [5.41, 5.74) is 20.9. The Kier molecular flexibility index (Phi) is 16.9. The number of hydrogen-bond donors (Lipinski definition) is 5. The zero-order valence-corrected chi connectivity index (χ0v) is 25.1. The van der Waals surface area contributed by atoms with Crippen LogP contribution in [-0.4, -0.2) is 64.7 Å². The molecule has 8 N–H and O–H groups in total. The Bertz CT molecular complexity index is 1490. The van der Waals surface area contributed by atoms with E-state index < -0.39 is 11.9 Å². The fourth-order valence-corrected chi connectivity index (χ4v) is 3.19. The molecule has 43 heavy (non-hydrogen) atoms. The smallest absolute Gasteiger partial charge is 0.337 e. The van der Waals surface area contributed by atoms with E-state index in [2.05, 4.69) is 40.7 Å². The second-order valence-corrected chi connectivity index (χ2v) is 9.44. The third kappa shape index (κ3) is 16.4. The highest BCUT2D eigenvalue weighted by atomic mass is 32.1. The standard InChI is InChI=1S/C7H8N2O.C7H7NO.C6H6N2O2.C4H7N3S.C2H3N3S/c1-5-2-6(7(8)10)4-9-3-5;1-6(9)7-3-2-4-8-5-7;7-5-2-1-4(3-8-5)6(9)10;1-2-5-4-7-6-3-8-4;3-2-5-4-1-6-2/h2-4H,1H3,(H2,8,10);2-5H,1H3;1-3H,(H2,7,8)(H,9,10);3H,2H2,1H3,(H,5,7);1H,(H2,3,5). The molecule has 0 aliphatic carbocycles. The molecule has 5 aromatic heterocycles. The lowest BCUT2D eigenvalue weighted by Gasteiger charge is -1.93. The lowest BCUT2D eigenvalue weighted by atomic mass is 10.2. The van der Waals surface area contributed by atoms with Gasteiger partial charge in [-0.15, -0.1) is 20.4 Å². The topological polar surface area (TPSA) is 252 Å². The SMILES string of the molecule is CC(=O)c1cccnc1.CCNc1nncs1.Cc1cncc(C(N)=O)c1.Nc1ccc(C(=O)O)cn1.Nc1nncs1. The first-order chi connectivity index (χ1) is 20.5. The van der Waals surface area contributed by atoms with Crippen molar-refractivity contribution in [3.8, 4) is 0 Å². The number of Topliss-reactive ketones (excluding diaryl/α,β-unsaturated/α-hetero) is 1. The number of nitrogen functional groups attached to an aromatic ring is 2. The van der Waals surface area contributed by atoms with Gasteiger partial charge in [0, 0.05) is 43.1 Å². The first kappa shape index (κ1) is 35.6. The molecule has 0 atom stereocenters. The van der Waals surface area contributed by atoms with Gasteiger partial charge in [0.15, 0.2) is 5.78 Å². The molecule has 0 radical (unpaired) electrons. The summed E-state index contributed by atoms with van der Waals surface area (Å²) in [5, 5.41) is 27.2. The molecule has 0 spiro atoms. The molecule has 0 aromatic carbocycles. The van der Waals surface area contributed by atoms with E-state index in [0.29, 0.717) is 22.1 Å². The molecule has 226 valence electrons. The van der Waals surface area contributed by atoms with Gasteiger partial charge in [-0.25, -0.2) is 9.78 Å². The predicted octanol–water partition coefficient (Wildman–Crippen LogP) is 3.23. The van der Waals surface area contributed by atoms with Gasteiger partial charge in [0.25, 0.3) is 0 Å². The number of carbonyl (C=O) groups is 3. The summed E-state index contributed by atoms with van der Waals surface area (Å²) in [7, 11) is 0. The number of aromatic carboxylic acids is 1. The van der Waals surface area contributed by atoms with Gasteiger partial charge in [-0.3, -0.25) is 19.6 Å². The first-order valence-corrected chi connectivity index (χ1v) is 13.9. The van der Waals surface area contributed by atoms with Crippen LogP contribution in [0.15, 0.2) is 72.3 Å². The maximum atomic E-state index is 10.6. The Morgan fingerprint density at radius 1 is 0.907 bits per heavy atom. The maximum Gasteiger partial charge on any atom is 0.337 e. The highest BCUT2D eigenvalue weighted by Crippen LogP contribution is 2.06. The van der Waals surface area contributed by atoms with Gasteiger partial charge in [-0.05, 0) is 56.7 Å². The van der Waals surface area contributed by atoms with Crippen molar-refractivity contribution in [1.29, 1.82) is 0 Å². The van der Waals surface area contributed by atoms with E-state index in [4.69, 9.17) is 22.3 Å². The van der Waals surface area contributed by atoms with Crippen molar-refractivity contribution in [3.05, 3.63) is 94.6 Å². The molecule has 5 aromatic rings. The Hall–Kier alpha value is -5.42. The minimum absolute atomic E-state index is 0.0584. The largest absolute Gasteiger partial charge is 0.478 e. The second-order valence-electron chi connectivity index (χ2n) is 7.74. The molecule has 1 amide bonds. The number of ketones is 1. The summed E-state index contributed by atoms with van der Waals surface area (Å²) in [6, 6.07) is 8.05. The first-order valence-electron chi connectivity index (χ1n) is 12.1. The molecule has 0 bridgehead atoms. The van der Waals surface area contributed by atoms with Crippen LogP contribution in [0.1, 0.15) is 50.5 Å². The molecule has 15 nitrogen and oxygen atoms in total. The Balaban J connectivity index is 0.000000271. The molecule has 0 saturated carbocycles. The van der Waals surface area contributed by atoms with Crippen LogP contribution in [0.25, 0.3) is 0 Å². The lowest BCUT2D eigenvalue weighted by molar-refractivity contribution is 0.0696. The Morgan fingerprint density at radius 3 is 1.98 bits per heavy atom. The van der Waals surface area contributed by atoms with Crippen molar-refractivity contribution in [2.24, 2.45) is 5.73 Å². The van der Waals surface area contributed by atoms with Crippen LogP contribution >= 0.6 is 22.7 Å². The van der Waals surface area contributed by atoms with E-state index in [-0.39, 0.29) is 11.3 Å². The average Bonchev–Trinajstić information content (AvgIpc) is 3.69. The molecule has 5 rings (SSSR count). The summed E-state index contributed by atoms with van der Waals surface area (Å²) in [4.78, 5) is 42.6. The van der Waals surface area contributed by atoms with Crippen LogP contribution < -0.4 is 22.5 Å². The number of carboxylic acids is 1. The average molecular weight is 626 g/mol. The highest BCUT2D eigenvalue weighted by molar-refractivity contribution is 7.13. The number of rotatable bonds is 5. The molecular weight excluding hydrogens is 594 g/mol. The van der Waals surface area contributed by atoms with Crippen LogP contribution in [0.2, 0.25) is 0 Å². The number of nitrogens with zero attached hydrogens (tertiary/aromatic N) is 7. The summed E-state index contributed by atoms with van der Waals surface area (Å²) < 4.78 is 0. The summed E-state index contributed by atoms with van der Waals surface area (Å²) in [6.45, 7) is 6.33. The number of aryl methyl sites for hydroxylation is 1. The van der Waals surface area contributed by atoms with Crippen LogP contribution in [-0.2, 0) is 0 Å². The number of hydrogen-bond acceptors (Lipinski definition) is 15. The minimum atomic E-state index is -0.993. The number of primary amides is 1. The summed E-state index contributed by atoms with van der Waals surface area (Å²) >= 11 is 2.85. The lowest BCUT2D eigenvalue weighted by Crippen LogP contribution is -2.11. The molecule has 0 unspecified atom stereocenters. The van der Waals surface area contributed by atoms with E-state index >= 15 is 0 Å². The van der Waals surface area contributed by atoms with Crippen molar-refractivity contribution in [1.82, 2.24) is 35.3 Å². The molecule has 0 fully saturated rings. The van der Waals surface area contributed by atoms with E-state index in [1.807, 2.05) is 13.8 Å². The van der Waals surface area contributed by atoms with Gasteiger partial charge in [0.1, 0.15) is 16.8 Å². The van der Waals surface area contributed by atoms with E-state index in [1.54, 1.807) is 47.8 Å². The Labute approximate surface area is 255 Å². The van der Waals surface area contributed by atoms with Gasteiger partial charge >= 0.3 is 5.97 Å². The number of pyridine rings is 3. The third-order valence-corrected chi connectivity index (χ3v) is 5.50. The maximum absolute atomic E-state index is 10.6. The summed E-state index contributed by atoms with van der Waals surface area (Å²) in [5.74, 6) is -1.04. The number of nitrogens with one attached hydrogen (secondary N) is 1. The predicted molar refractivity (Wildman–Crippen MR) is 166 cm³/mol. The van der Waals surface area contributed by atoms with Crippen molar-refractivity contribution < 1.29 is 19.5 Å². The molecule has 0 aliphatic heterocycles. The number of amides is 1. The van der Waals surface area contributed by atoms with E-state index in [9.17, 15) is 14.4 Å². The molecular formula is C26H31N11O4S2. The van der Waals surface area contributed by atoms with Gasteiger partial charge in [-0.1, -0.05) is 22.7 Å². The molecule has 0 saturated heterocycles. The molecule has 0 aliphatic rings. The van der Waals surface area contributed by atoms with Gasteiger partial charge < -0.3 is 27.6 Å². The van der Waals surface area contributed by atoms with E-state index in [1.165, 1.54) is 54.1 Å². The summed E-state index contributed by atoms with van der Waals surface area (Å²) in [6.07, 6.45) is 7.55.